The van der Waals surface area contributed by atoms with Crippen LogP contribution < -0.4 is 5.73 Å². The molecule has 0 saturated heterocycles. The highest BCUT2D eigenvalue weighted by Crippen LogP contribution is 2.27. The lowest BCUT2D eigenvalue weighted by atomic mass is 9.82. The fraction of sp³-hybridized carbons (Fsp3) is 1.00. The molecular weight excluding hydrogens is 162 g/mol. The van der Waals surface area contributed by atoms with E-state index in [1.807, 2.05) is 6.92 Å². The molecule has 0 aromatic heterocycles. The van der Waals surface area contributed by atoms with Crippen LogP contribution in [0.4, 0.5) is 0 Å². The molecule has 2 heteroatoms. The molecule has 80 valence electrons. The van der Waals surface area contributed by atoms with E-state index in [-0.39, 0.29) is 0 Å². The summed E-state index contributed by atoms with van der Waals surface area (Å²) >= 11 is 0. The molecule has 0 aromatic rings. The van der Waals surface area contributed by atoms with E-state index in [1.54, 1.807) is 0 Å². The Hall–Kier alpha value is -0.0800. The fourth-order valence-electron chi connectivity index (χ4n) is 1.77. The van der Waals surface area contributed by atoms with Gasteiger partial charge in [0.05, 0.1) is 0 Å². The van der Waals surface area contributed by atoms with Crippen molar-refractivity contribution < 1.29 is 4.74 Å². The van der Waals surface area contributed by atoms with Crippen LogP contribution in [0.3, 0.4) is 0 Å². The zero-order chi connectivity index (χ0) is 10.3. The molecule has 1 unspecified atom stereocenters. The molecule has 13 heavy (non-hydrogen) atoms. The van der Waals surface area contributed by atoms with Crippen molar-refractivity contribution >= 4 is 0 Å². The van der Waals surface area contributed by atoms with Gasteiger partial charge in [0.15, 0.2) is 0 Å². The van der Waals surface area contributed by atoms with E-state index < -0.39 is 0 Å². The van der Waals surface area contributed by atoms with Gasteiger partial charge in [-0.15, -0.1) is 0 Å². The van der Waals surface area contributed by atoms with Gasteiger partial charge in [-0.2, -0.15) is 0 Å². The van der Waals surface area contributed by atoms with Crippen LogP contribution in [0.1, 0.15) is 47.0 Å². The van der Waals surface area contributed by atoms with Gasteiger partial charge >= 0.3 is 0 Å². The van der Waals surface area contributed by atoms with E-state index in [9.17, 15) is 0 Å². The minimum atomic E-state index is 0.307. The van der Waals surface area contributed by atoms with E-state index in [0.717, 1.165) is 26.1 Å². The molecule has 2 N–H and O–H groups in total. The number of hydrogen-bond acceptors (Lipinski definition) is 2. The Kier molecular flexibility index (Phi) is 6.35. The number of ether oxygens (including phenoxy) is 1. The van der Waals surface area contributed by atoms with Crippen LogP contribution in [-0.2, 0) is 4.74 Å². The van der Waals surface area contributed by atoms with Gasteiger partial charge in [0.1, 0.15) is 0 Å². The molecule has 0 saturated carbocycles. The van der Waals surface area contributed by atoms with Crippen molar-refractivity contribution in [3.8, 4) is 0 Å². The van der Waals surface area contributed by atoms with E-state index in [4.69, 9.17) is 10.5 Å². The number of hydrogen-bond donors (Lipinski definition) is 1. The van der Waals surface area contributed by atoms with Gasteiger partial charge in [0.2, 0.25) is 0 Å². The maximum atomic E-state index is 5.78. The molecule has 0 radical (unpaired) electrons. The summed E-state index contributed by atoms with van der Waals surface area (Å²) in [7, 11) is 0. The zero-order valence-electron chi connectivity index (χ0n) is 9.60. The van der Waals surface area contributed by atoms with E-state index in [2.05, 4.69) is 20.8 Å². The summed E-state index contributed by atoms with van der Waals surface area (Å²) in [6.45, 7) is 10.4. The van der Waals surface area contributed by atoms with Gasteiger partial charge in [-0.1, -0.05) is 13.8 Å². The average Bonchev–Trinajstić information content (AvgIpc) is 1.95. The second-order valence-corrected chi connectivity index (χ2v) is 4.65. The molecular formula is C11H25NO. The summed E-state index contributed by atoms with van der Waals surface area (Å²) in [6.07, 6.45) is 3.45. The fourth-order valence-corrected chi connectivity index (χ4v) is 1.77. The Morgan fingerprint density at radius 3 is 2.46 bits per heavy atom. The highest BCUT2D eigenvalue weighted by atomic mass is 16.5. The van der Waals surface area contributed by atoms with Gasteiger partial charge < -0.3 is 10.5 Å². The van der Waals surface area contributed by atoms with Crippen LogP contribution in [0.25, 0.3) is 0 Å². The molecule has 0 aliphatic rings. The summed E-state index contributed by atoms with van der Waals surface area (Å²) in [4.78, 5) is 0. The Morgan fingerprint density at radius 2 is 2.00 bits per heavy atom. The molecule has 2 nitrogen and oxygen atoms in total. The summed E-state index contributed by atoms with van der Waals surface area (Å²) in [6, 6.07) is 0.307. The zero-order valence-corrected chi connectivity index (χ0v) is 9.60. The quantitative estimate of drug-likeness (QED) is 0.622. The van der Waals surface area contributed by atoms with Crippen molar-refractivity contribution in [2.24, 2.45) is 11.1 Å². The second-order valence-electron chi connectivity index (χ2n) is 4.65. The van der Waals surface area contributed by atoms with Crippen molar-refractivity contribution in [1.82, 2.24) is 0 Å². The summed E-state index contributed by atoms with van der Waals surface area (Å²) in [5, 5.41) is 0. The molecule has 0 heterocycles. The molecule has 0 aromatic carbocycles. The normalized spacial score (nSPS) is 14.5. The predicted molar refractivity (Wildman–Crippen MR) is 57.8 cm³/mol. The summed E-state index contributed by atoms with van der Waals surface area (Å²) < 4.78 is 5.30. The smallest absolute Gasteiger partial charge is 0.0466 e. The minimum Gasteiger partial charge on any atom is -0.382 e. The topological polar surface area (TPSA) is 35.2 Å². The average molecular weight is 187 g/mol. The summed E-state index contributed by atoms with van der Waals surface area (Å²) in [5.74, 6) is 0. The van der Waals surface area contributed by atoms with Crippen molar-refractivity contribution in [3.05, 3.63) is 0 Å². The van der Waals surface area contributed by atoms with Crippen molar-refractivity contribution in [2.45, 2.75) is 53.0 Å². The largest absolute Gasteiger partial charge is 0.382 e. The Bertz CT molecular complexity index is 121. The first kappa shape index (κ1) is 12.9. The van der Waals surface area contributed by atoms with Crippen LogP contribution in [0.2, 0.25) is 0 Å². The molecule has 0 rings (SSSR count). The van der Waals surface area contributed by atoms with Gasteiger partial charge in [-0.3, -0.25) is 0 Å². The van der Waals surface area contributed by atoms with Crippen molar-refractivity contribution in [1.29, 1.82) is 0 Å². The van der Waals surface area contributed by atoms with Crippen LogP contribution in [0, 0.1) is 5.41 Å². The van der Waals surface area contributed by atoms with E-state index in [1.165, 1.54) is 6.42 Å². The van der Waals surface area contributed by atoms with E-state index >= 15 is 0 Å². The maximum Gasteiger partial charge on any atom is 0.0466 e. The Balaban J connectivity index is 3.50. The van der Waals surface area contributed by atoms with Gasteiger partial charge in [-0.05, 0) is 38.5 Å². The number of nitrogens with two attached hydrogens (primary N) is 1. The van der Waals surface area contributed by atoms with E-state index in [0.29, 0.717) is 11.5 Å². The van der Waals surface area contributed by atoms with Gasteiger partial charge in [0.25, 0.3) is 0 Å². The molecule has 0 amide bonds. The first-order chi connectivity index (χ1) is 5.98. The second kappa shape index (κ2) is 6.39. The standard InChI is InChI=1S/C11H25NO/c1-5-13-8-6-7-11(3,4)9-10(2)12/h10H,5-9,12H2,1-4H3. The van der Waals surface area contributed by atoms with Gasteiger partial charge in [0, 0.05) is 19.3 Å². The third-order valence-corrected chi connectivity index (χ3v) is 2.22. The third-order valence-electron chi connectivity index (χ3n) is 2.22. The lowest BCUT2D eigenvalue weighted by Crippen LogP contribution is -2.25. The van der Waals surface area contributed by atoms with Gasteiger partial charge in [-0.25, -0.2) is 0 Å². The van der Waals surface area contributed by atoms with Crippen LogP contribution in [0.15, 0.2) is 0 Å². The van der Waals surface area contributed by atoms with Crippen LogP contribution in [0.5, 0.6) is 0 Å². The summed E-state index contributed by atoms with van der Waals surface area (Å²) in [5.41, 5.74) is 6.14. The number of rotatable bonds is 7. The first-order valence-corrected chi connectivity index (χ1v) is 5.31. The van der Waals surface area contributed by atoms with Crippen molar-refractivity contribution in [3.63, 3.8) is 0 Å². The maximum absolute atomic E-state index is 5.78. The monoisotopic (exact) mass is 187 g/mol. The Labute approximate surface area is 82.8 Å². The third kappa shape index (κ3) is 8.26. The molecule has 0 aliphatic heterocycles. The highest BCUT2D eigenvalue weighted by Gasteiger charge is 2.18. The lowest BCUT2D eigenvalue weighted by molar-refractivity contribution is 0.130. The van der Waals surface area contributed by atoms with Crippen LogP contribution in [-0.4, -0.2) is 19.3 Å². The molecule has 0 spiro atoms. The molecule has 0 bridgehead atoms. The molecule has 0 fully saturated rings. The molecule has 0 aliphatic carbocycles. The SMILES string of the molecule is CCOCCCC(C)(C)CC(C)N. The first-order valence-electron chi connectivity index (χ1n) is 5.31. The minimum absolute atomic E-state index is 0.307. The lowest BCUT2D eigenvalue weighted by Gasteiger charge is -2.26. The molecule has 1 atom stereocenters. The Morgan fingerprint density at radius 1 is 1.38 bits per heavy atom. The van der Waals surface area contributed by atoms with Crippen LogP contribution >= 0.6 is 0 Å². The van der Waals surface area contributed by atoms with Crippen molar-refractivity contribution in [2.75, 3.05) is 13.2 Å². The highest BCUT2D eigenvalue weighted by molar-refractivity contribution is 4.72. The predicted octanol–water partition coefficient (Wildman–Crippen LogP) is 2.57.